The van der Waals surface area contributed by atoms with Crippen molar-refractivity contribution in [2.24, 2.45) is 0 Å². The molecule has 2 rings (SSSR count). The second-order valence-electron chi connectivity index (χ2n) is 3.60. The van der Waals surface area contributed by atoms with Crippen LogP contribution in [0.1, 0.15) is 6.42 Å². The lowest BCUT2D eigenvalue weighted by Crippen LogP contribution is -2.58. The van der Waals surface area contributed by atoms with Gasteiger partial charge in [-0.15, -0.1) is 0 Å². The topological polar surface area (TPSA) is 21.3 Å². The van der Waals surface area contributed by atoms with Crippen molar-refractivity contribution >= 4 is 0 Å². The molecular weight excluding hydrogens is 176 g/mol. The predicted molar refractivity (Wildman–Crippen MR) is 45.1 cm³/mol. The summed E-state index contributed by atoms with van der Waals surface area (Å²) in [5.41, 5.74) is 0.340. The number of halogens is 2. The number of ether oxygens (including phenoxy) is 1. The molecule has 2 nitrogen and oxygen atoms in total. The van der Waals surface area contributed by atoms with E-state index in [1.54, 1.807) is 0 Å². The van der Waals surface area contributed by atoms with Gasteiger partial charge in [0.25, 0.3) is 0 Å². The molecular formula is C9H13F2NO. The summed E-state index contributed by atoms with van der Waals surface area (Å²) in [6.45, 7) is 4.69. The Labute approximate surface area is 76.0 Å². The van der Waals surface area contributed by atoms with Gasteiger partial charge in [0.05, 0.1) is 6.61 Å². The Bertz CT molecular complexity index is 220. The molecule has 1 saturated heterocycles. The van der Waals surface area contributed by atoms with Gasteiger partial charge in [-0.1, -0.05) is 6.58 Å². The van der Waals surface area contributed by atoms with Crippen LogP contribution >= 0.6 is 0 Å². The van der Waals surface area contributed by atoms with Gasteiger partial charge in [0, 0.05) is 12.6 Å². The second kappa shape index (κ2) is 3.35. The molecule has 4 heteroatoms. The largest absolute Gasteiger partial charge is 0.372 e. The molecule has 4 unspecified atom stereocenters. The van der Waals surface area contributed by atoms with Crippen LogP contribution in [0.5, 0.6) is 0 Å². The number of morpholine rings is 1. The molecule has 74 valence electrons. The summed E-state index contributed by atoms with van der Waals surface area (Å²) >= 11 is 0. The van der Waals surface area contributed by atoms with Gasteiger partial charge in [-0.25, -0.2) is 8.78 Å². The van der Waals surface area contributed by atoms with Crippen molar-refractivity contribution in [2.45, 2.75) is 30.9 Å². The minimum absolute atomic E-state index is 0.0942. The van der Waals surface area contributed by atoms with E-state index in [-0.39, 0.29) is 6.04 Å². The average molecular weight is 189 g/mol. The SMILES string of the molecule is C=C1CC2NCCOC2C(F)C1F. The maximum absolute atomic E-state index is 13.4. The van der Waals surface area contributed by atoms with Crippen LogP contribution in [0.25, 0.3) is 0 Å². The van der Waals surface area contributed by atoms with Crippen molar-refractivity contribution in [3.63, 3.8) is 0 Å². The lowest BCUT2D eigenvalue weighted by molar-refractivity contribution is -0.0784. The first-order valence-electron chi connectivity index (χ1n) is 4.51. The number of hydrogen-bond donors (Lipinski definition) is 1. The standard InChI is InChI=1S/C9H13F2NO/c1-5-4-6-9(8(11)7(5)10)13-3-2-12-6/h6-9,12H,1-4H2. The van der Waals surface area contributed by atoms with E-state index in [1.807, 2.05) is 0 Å². The number of fused-ring (bicyclic) bond motifs is 1. The van der Waals surface area contributed by atoms with Crippen LogP contribution < -0.4 is 5.32 Å². The molecule has 0 aromatic rings. The van der Waals surface area contributed by atoms with Gasteiger partial charge < -0.3 is 10.1 Å². The molecule has 0 spiro atoms. The van der Waals surface area contributed by atoms with E-state index < -0.39 is 18.4 Å². The van der Waals surface area contributed by atoms with Gasteiger partial charge in [-0.2, -0.15) is 0 Å². The Morgan fingerprint density at radius 1 is 1.46 bits per heavy atom. The minimum Gasteiger partial charge on any atom is -0.372 e. The fourth-order valence-corrected chi connectivity index (χ4v) is 1.96. The molecule has 1 aliphatic heterocycles. The quantitative estimate of drug-likeness (QED) is 0.573. The summed E-state index contributed by atoms with van der Waals surface area (Å²) in [7, 11) is 0. The molecule has 1 aliphatic carbocycles. The fraction of sp³-hybridized carbons (Fsp3) is 0.778. The highest BCUT2D eigenvalue weighted by atomic mass is 19.2. The predicted octanol–water partition coefficient (Wildman–Crippen LogP) is 0.980. The molecule has 2 aliphatic rings. The fourth-order valence-electron chi connectivity index (χ4n) is 1.96. The first-order valence-corrected chi connectivity index (χ1v) is 4.51. The van der Waals surface area contributed by atoms with Gasteiger partial charge in [0.1, 0.15) is 6.10 Å². The first-order chi connectivity index (χ1) is 6.20. The maximum Gasteiger partial charge on any atom is 0.163 e. The van der Waals surface area contributed by atoms with Crippen molar-refractivity contribution < 1.29 is 13.5 Å². The Kier molecular flexibility index (Phi) is 2.34. The molecule has 0 amide bonds. The van der Waals surface area contributed by atoms with Crippen LogP contribution in [0.4, 0.5) is 8.78 Å². The Morgan fingerprint density at radius 2 is 2.23 bits per heavy atom. The molecule has 1 saturated carbocycles. The lowest BCUT2D eigenvalue weighted by atomic mass is 9.85. The van der Waals surface area contributed by atoms with E-state index in [1.165, 1.54) is 0 Å². The molecule has 4 atom stereocenters. The zero-order valence-corrected chi connectivity index (χ0v) is 7.30. The van der Waals surface area contributed by atoms with Crippen LogP contribution in [0.3, 0.4) is 0 Å². The third kappa shape index (κ3) is 1.48. The molecule has 0 bridgehead atoms. The number of rotatable bonds is 0. The van der Waals surface area contributed by atoms with Crippen LogP contribution in [-0.2, 0) is 4.74 Å². The van der Waals surface area contributed by atoms with E-state index >= 15 is 0 Å². The molecule has 0 aromatic heterocycles. The summed E-state index contributed by atoms with van der Waals surface area (Å²) in [6.07, 6.45) is -3.26. The van der Waals surface area contributed by atoms with E-state index in [2.05, 4.69) is 11.9 Å². The highest BCUT2D eigenvalue weighted by Crippen LogP contribution is 2.31. The van der Waals surface area contributed by atoms with Gasteiger partial charge >= 0.3 is 0 Å². The molecule has 2 fully saturated rings. The number of hydrogen-bond acceptors (Lipinski definition) is 2. The normalized spacial score (nSPS) is 45.8. The summed E-state index contributed by atoms with van der Waals surface area (Å²) in [6, 6.07) is -0.0942. The number of nitrogens with one attached hydrogen (secondary N) is 1. The van der Waals surface area contributed by atoms with Crippen LogP contribution in [0.15, 0.2) is 12.2 Å². The summed E-state index contributed by atoms with van der Waals surface area (Å²) in [4.78, 5) is 0. The highest BCUT2D eigenvalue weighted by molar-refractivity contribution is 5.16. The third-order valence-electron chi connectivity index (χ3n) is 2.68. The smallest absolute Gasteiger partial charge is 0.163 e. The lowest BCUT2D eigenvalue weighted by Gasteiger charge is -2.40. The minimum atomic E-state index is -1.56. The monoisotopic (exact) mass is 189 g/mol. The van der Waals surface area contributed by atoms with Gasteiger partial charge in [-0.05, 0) is 12.0 Å². The maximum atomic E-state index is 13.4. The zero-order chi connectivity index (χ0) is 9.42. The Morgan fingerprint density at radius 3 is 3.00 bits per heavy atom. The molecule has 1 N–H and O–H groups in total. The summed E-state index contributed by atoms with van der Waals surface area (Å²) in [5.74, 6) is 0. The van der Waals surface area contributed by atoms with Gasteiger partial charge in [-0.3, -0.25) is 0 Å². The number of alkyl halides is 2. The molecule has 13 heavy (non-hydrogen) atoms. The first kappa shape index (κ1) is 9.09. The highest BCUT2D eigenvalue weighted by Gasteiger charge is 2.44. The van der Waals surface area contributed by atoms with E-state index in [9.17, 15) is 8.78 Å². The van der Waals surface area contributed by atoms with Crippen LogP contribution in [-0.4, -0.2) is 37.6 Å². The summed E-state index contributed by atoms with van der Waals surface area (Å²) in [5, 5.41) is 3.11. The molecule has 0 aromatic carbocycles. The average Bonchev–Trinajstić information content (AvgIpc) is 2.15. The van der Waals surface area contributed by atoms with Gasteiger partial charge in [0.15, 0.2) is 12.3 Å². The molecule has 0 radical (unpaired) electrons. The van der Waals surface area contributed by atoms with Crippen molar-refractivity contribution in [1.29, 1.82) is 0 Å². The van der Waals surface area contributed by atoms with E-state index in [4.69, 9.17) is 4.74 Å². The van der Waals surface area contributed by atoms with Gasteiger partial charge in [0.2, 0.25) is 0 Å². The van der Waals surface area contributed by atoms with E-state index in [0.717, 1.165) is 0 Å². The van der Waals surface area contributed by atoms with Crippen molar-refractivity contribution in [3.8, 4) is 0 Å². The Hall–Kier alpha value is -0.480. The van der Waals surface area contributed by atoms with E-state index in [0.29, 0.717) is 25.1 Å². The summed E-state index contributed by atoms with van der Waals surface area (Å²) < 4.78 is 31.7. The Balaban J connectivity index is 2.12. The zero-order valence-electron chi connectivity index (χ0n) is 7.30. The third-order valence-corrected chi connectivity index (χ3v) is 2.68. The van der Waals surface area contributed by atoms with Crippen LogP contribution in [0, 0.1) is 0 Å². The second-order valence-corrected chi connectivity index (χ2v) is 3.60. The van der Waals surface area contributed by atoms with Crippen LogP contribution in [0.2, 0.25) is 0 Å². The molecule has 1 heterocycles. The van der Waals surface area contributed by atoms with Crippen molar-refractivity contribution in [3.05, 3.63) is 12.2 Å². The van der Waals surface area contributed by atoms with Crippen molar-refractivity contribution in [1.82, 2.24) is 5.32 Å². The van der Waals surface area contributed by atoms with Crippen molar-refractivity contribution in [2.75, 3.05) is 13.2 Å².